The molecule has 1 amide bonds. The number of aliphatic hydroxyl groups excluding tert-OH is 1. The topological polar surface area (TPSA) is 82.4 Å². The lowest BCUT2D eigenvalue weighted by molar-refractivity contribution is -0.116. The number of methoxy groups -OCH3 is 1. The van der Waals surface area contributed by atoms with Crippen molar-refractivity contribution < 1.29 is 19.4 Å². The molecule has 0 radical (unpaired) electrons. The van der Waals surface area contributed by atoms with Crippen LogP contribution >= 0.6 is 0 Å². The molecule has 1 unspecified atom stereocenters. The summed E-state index contributed by atoms with van der Waals surface area (Å²) in [5, 5.41) is 10.4. The van der Waals surface area contributed by atoms with E-state index in [0.717, 1.165) is 25.2 Å². The second-order valence-corrected chi connectivity index (χ2v) is 7.63. The Kier molecular flexibility index (Phi) is 7.04. The summed E-state index contributed by atoms with van der Waals surface area (Å²) in [6.45, 7) is 6.15. The lowest BCUT2D eigenvalue weighted by atomic mass is 9.83. The van der Waals surface area contributed by atoms with Crippen LogP contribution in [0.2, 0.25) is 0 Å². The number of benzene rings is 1. The highest BCUT2D eigenvalue weighted by Gasteiger charge is 2.27. The van der Waals surface area contributed by atoms with Crippen LogP contribution in [0.25, 0.3) is 0 Å². The van der Waals surface area contributed by atoms with Gasteiger partial charge in [0.2, 0.25) is 0 Å². The molecule has 1 fully saturated rings. The van der Waals surface area contributed by atoms with Crippen molar-refractivity contribution >= 4 is 18.1 Å². The first-order valence-corrected chi connectivity index (χ1v) is 10.0. The molecule has 1 aromatic rings. The Morgan fingerprint density at radius 1 is 1.21 bits per heavy atom. The summed E-state index contributed by atoms with van der Waals surface area (Å²) < 4.78 is 4.74. The third kappa shape index (κ3) is 5.44. The zero-order valence-electron chi connectivity index (χ0n) is 17.1. The van der Waals surface area contributed by atoms with Gasteiger partial charge in [-0.25, -0.2) is 4.79 Å². The van der Waals surface area contributed by atoms with Crippen LogP contribution in [0.4, 0.5) is 4.79 Å². The quantitative estimate of drug-likeness (QED) is 0.770. The first kappa shape index (κ1) is 21.0. The summed E-state index contributed by atoms with van der Waals surface area (Å²) in [6, 6.07) is 8.12. The van der Waals surface area contributed by atoms with Crippen molar-refractivity contribution in [3.63, 3.8) is 0 Å². The van der Waals surface area contributed by atoms with Gasteiger partial charge in [0.25, 0.3) is 0 Å². The summed E-state index contributed by atoms with van der Waals surface area (Å²) in [6.07, 6.45) is 2.09. The summed E-state index contributed by atoms with van der Waals surface area (Å²) in [5.41, 5.74) is 2.59. The van der Waals surface area contributed by atoms with Crippen molar-refractivity contribution in [2.24, 2.45) is 4.99 Å². The number of ketones is 1. The minimum absolute atomic E-state index is 0.0198. The van der Waals surface area contributed by atoms with Gasteiger partial charge < -0.3 is 14.7 Å². The van der Waals surface area contributed by atoms with Crippen LogP contribution in [0.3, 0.4) is 0 Å². The number of aryl methyl sites for hydroxylation is 1. The fraction of sp³-hybridized carbons (Fsp3) is 0.500. The van der Waals surface area contributed by atoms with Crippen molar-refractivity contribution in [3.05, 3.63) is 46.7 Å². The van der Waals surface area contributed by atoms with Crippen molar-refractivity contribution in [3.8, 4) is 0 Å². The van der Waals surface area contributed by atoms with E-state index in [4.69, 9.17) is 4.74 Å². The third-order valence-corrected chi connectivity index (χ3v) is 5.60. The molecule has 1 aromatic carbocycles. The van der Waals surface area contributed by atoms with Crippen LogP contribution < -0.4 is 0 Å². The van der Waals surface area contributed by atoms with E-state index in [2.05, 4.69) is 9.89 Å². The van der Waals surface area contributed by atoms with Crippen LogP contribution in [0.1, 0.15) is 29.9 Å². The normalized spacial score (nSPS) is 21.1. The molecule has 156 valence electrons. The number of ether oxygens (including phenoxy) is 1. The van der Waals surface area contributed by atoms with Crippen molar-refractivity contribution in [1.29, 1.82) is 0 Å². The van der Waals surface area contributed by atoms with Crippen LogP contribution in [-0.2, 0) is 9.53 Å². The molecule has 1 saturated heterocycles. The third-order valence-electron chi connectivity index (χ3n) is 5.60. The second-order valence-electron chi connectivity index (χ2n) is 7.63. The van der Waals surface area contributed by atoms with Crippen LogP contribution in [0.15, 0.2) is 40.6 Å². The predicted octanol–water partition coefficient (Wildman–Crippen LogP) is 2.71. The fourth-order valence-electron chi connectivity index (χ4n) is 3.77. The number of allylic oxidation sites excluding steroid dienone is 2. The lowest BCUT2D eigenvalue weighted by Gasteiger charge is -2.33. The molecule has 29 heavy (non-hydrogen) atoms. The molecule has 7 heteroatoms. The maximum atomic E-state index is 12.5. The molecule has 2 aliphatic rings. The first-order chi connectivity index (χ1) is 14.0. The maximum absolute atomic E-state index is 12.5. The second kappa shape index (κ2) is 9.69. The van der Waals surface area contributed by atoms with Gasteiger partial charge in [-0.05, 0) is 18.4 Å². The van der Waals surface area contributed by atoms with E-state index in [-0.39, 0.29) is 23.6 Å². The predicted molar refractivity (Wildman–Crippen MR) is 112 cm³/mol. The zero-order chi connectivity index (χ0) is 20.8. The largest absolute Gasteiger partial charge is 0.511 e. The Bertz CT molecular complexity index is 793. The van der Waals surface area contributed by atoms with E-state index in [9.17, 15) is 14.7 Å². The molecule has 0 saturated carbocycles. The van der Waals surface area contributed by atoms with Gasteiger partial charge in [-0.15, -0.1) is 0 Å². The summed E-state index contributed by atoms with van der Waals surface area (Å²) in [5.74, 6) is 0.0865. The number of carbonyl (C=O) groups excluding carboxylic acids is 2. The highest BCUT2D eigenvalue weighted by atomic mass is 16.5. The number of hydrogen-bond acceptors (Lipinski definition) is 6. The van der Waals surface area contributed by atoms with Crippen LogP contribution in [-0.4, -0.2) is 79.4 Å². The number of hydrogen-bond donors (Lipinski definition) is 1. The molecule has 0 bridgehead atoms. The van der Waals surface area contributed by atoms with E-state index < -0.39 is 0 Å². The van der Waals surface area contributed by atoms with Gasteiger partial charge in [-0.2, -0.15) is 0 Å². The average Bonchev–Trinajstić information content (AvgIpc) is 2.73. The van der Waals surface area contributed by atoms with Gasteiger partial charge in [0, 0.05) is 51.8 Å². The van der Waals surface area contributed by atoms with Gasteiger partial charge in [0.1, 0.15) is 5.76 Å². The number of carbonyl (C=O) groups is 2. The zero-order valence-corrected chi connectivity index (χ0v) is 17.1. The Balaban J connectivity index is 1.49. The van der Waals surface area contributed by atoms with E-state index in [1.807, 2.05) is 31.2 Å². The van der Waals surface area contributed by atoms with Crippen LogP contribution in [0.5, 0.6) is 0 Å². The fourth-order valence-corrected chi connectivity index (χ4v) is 3.77. The number of amides is 1. The van der Waals surface area contributed by atoms with E-state index in [1.54, 1.807) is 4.90 Å². The van der Waals surface area contributed by atoms with Gasteiger partial charge in [-0.1, -0.05) is 29.8 Å². The number of Topliss-reactive ketones (excluding diaryl/α,β-unsaturated/α-hetero) is 1. The van der Waals surface area contributed by atoms with E-state index in [0.29, 0.717) is 38.0 Å². The Morgan fingerprint density at radius 2 is 1.90 bits per heavy atom. The number of aliphatic hydroxyl groups is 1. The molecule has 3 rings (SSSR count). The minimum atomic E-state index is -0.287. The summed E-state index contributed by atoms with van der Waals surface area (Å²) >= 11 is 0. The minimum Gasteiger partial charge on any atom is -0.511 e. The van der Waals surface area contributed by atoms with E-state index >= 15 is 0 Å². The molecule has 0 spiro atoms. The first-order valence-electron chi connectivity index (χ1n) is 10.0. The molecule has 1 N–H and O–H groups in total. The van der Waals surface area contributed by atoms with Crippen molar-refractivity contribution in [1.82, 2.24) is 9.80 Å². The molecule has 1 heterocycles. The Morgan fingerprint density at radius 3 is 2.52 bits per heavy atom. The number of aliphatic imine (C=N–C) groups is 1. The van der Waals surface area contributed by atoms with Crippen molar-refractivity contribution in [2.45, 2.75) is 25.7 Å². The molecule has 1 aliphatic heterocycles. The van der Waals surface area contributed by atoms with Crippen LogP contribution in [0, 0.1) is 6.92 Å². The average molecular weight is 399 g/mol. The number of nitrogens with zero attached hydrogens (tertiary/aromatic N) is 3. The number of piperazine rings is 1. The molecular weight excluding hydrogens is 370 g/mol. The molecule has 7 nitrogen and oxygen atoms in total. The number of rotatable bonds is 5. The highest BCUT2D eigenvalue weighted by Crippen LogP contribution is 2.33. The van der Waals surface area contributed by atoms with E-state index in [1.165, 1.54) is 18.9 Å². The SMILES string of the molecule is COC(=O)N1CCN(CCN=CC2=C(O)CC(c3ccc(C)cc3)CC2=O)CC1. The van der Waals surface area contributed by atoms with Crippen molar-refractivity contribution in [2.75, 3.05) is 46.4 Å². The summed E-state index contributed by atoms with van der Waals surface area (Å²) in [4.78, 5) is 32.3. The molecular formula is C22H29N3O4. The molecule has 1 atom stereocenters. The Labute approximate surface area is 171 Å². The smallest absolute Gasteiger partial charge is 0.409 e. The highest BCUT2D eigenvalue weighted by molar-refractivity contribution is 6.14. The van der Waals surface area contributed by atoms with Gasteiger partial charge >= 0.3 is 6.09 Å². The lowest BCUT2D eigenvalue weighted by Crippen LogP contribution is -2.49. The monoisotopic (exact) mass is 399 g/mol. The van der Waals surface area contributed by atoms with Gasteiger partial charge in [0.15, 0.2) is 5.78 Å². The molecule has 0 aromatic heterocycles. The van der Waals surface area contributed by atoms with Gasteiger partial charge in [0.05, 0.1) is 19.2 Å². The summed E-state index contributed by atoms with van der Waals surface area (Å²) in [7, 11) is 1.39. The van der Waals surface area contributed by atoms with Gasteiger partial charge in [-0.3, -0.25) is 14.7 Å². The standard InChI is InChI=1S/C22H29N3O4/c1-16-3-5-17(6-4-16)18-13-20(26)19(21(27)14-18)15-23-7-8-24-9-11-25(12-10-24)22(28)29-2/h3-6,15,18,26H,7-14H2,1-2H3. The molecule has 1 aliphatic carbocycles. The Hall–Kier alpha value is -2.67. The maximum Gasteiger partial charge on any atom is 0.409 e.